The van der Waals surface area contributed by atoms with Crippen molar-refractivity contribution < 1.29 is 8.42 Å². The highest BCUT2D eigenvalue weighted by Crippen LogP contribution is 2.33. The van der Waals surface area contributed by atoms with E-state index in [2.05, 4.69) is 36.7 Å². The fourth-order valence-corrected chi connectivity index (χ4v) is 5.04. The van der Waals surface area contributed by atoms with Gasteiger partial charge in [-0.25, -0.2) is 8.42 Å². The summed E-state index contributed by atoms with van der Waals surface area (Å²) in [7, 11) is -2.73. The minimum absolute atomic E-state index is 0.317. The van der Waals surface area contributed by atoms with Gasteiger partial charge in [0, 0.05) is 4.83 Å². The lowest BCUT2D eigenvalue weighted by atomic mass is 9.87. The first kappa shape index (κ1) is 12.5. The van der Waals surface area contributed by atoms with Gasteiger partial charge in [0.1, 0.15) is 0 Å². The van der Waals surface area contributed by atoms with Crippen LogP contribution in [0.4, 0.5) is 0 Å². The first-order chi connectivity index (χ1) is 6.33. The molecule has 3 unspecified atom stereocenters. The molecule has 0 aromatic carbocycles. The van der Waals surface area contributed by atoms with Crippen molar-refractivity contribution in [3.63, 3.8) is 0 Å². The van der Waals surface area contributed by atoms with Crippen LogP contribution in [-0.2, 0) is 9.84 Å². The second-order valence-electron chi connectivity index (χ2n) is 4.71. The Morgan fingerprint density at radius 3 is 2.21 bits per heavy atom. The molecule has 1 aliphatic rings. The van der Waals surface area contributed by atoms with Gasteiger partial charge in [0.25, 0.3) is 0 Å². The molecule has 1 rings (SSSR count). The zero-order valence-corrected chi connectivity index (χ0v) is 11.4. The first-order valence-electron chi connectivity index (χ1n) is 5.18. The van der Waals surface area contributed by atoms with Crippen LogP contribution in [0.2, 0.25) is 0 Å². The third-order valence-corrected chi connectivity index (χ3v) is 6.65. The van der Waals surface area contributed by atoms with Crippen LogP contribution in [0.25, 0.3) is 0 Å². The van der Waals surface area contributed by atoms with E-state index in [0.29, 0.717) is 34.1 Å². The zero-order valence-electron chi connectivity index (χ0n) is 9.03. The van der Waals surface area contributed by atoms with Crippen LogP contribution in [0.5, 0.6) is 0 Å². The van der Waals surface area contributed by atoms with Gasteiger partial charge >= 0.3 is 0 Å². The Balaban J connectivity index is 2.59. The third-order valence-electron chi connectivity index (χ3n) is 3.27. The van der Waals surface area contributed by atoms with Crippen molar-refractivity contribution in [2.75, 3.05) is 11.5 Å². The number of alkyl halides is 1. The highest BCUT2D eigenvalue weighted by Gasteiger charge is 2.35. The molecule has 1 heterocycles. The average molecular weight is 283 g/mol. The number of sulfone groups is 1. The molecule has 1 aliphatic heterocycles. The van der Waals surface area contributed by atoms with Crippen LogP contribution in [0, 0.1) is 17.8 Å². The Morgan fingerprint density at radius 2 is 1.86 bits per heavy atom. The van der Waals surface area contributed by atoms with Crippen LogP contribution < -0.4 is 0 Å². The highest BCUT2D eigenvalue weighted by molar-refractivity contribution is 9.09. The molecule has 0 aliphatic carbocycles. The van der Waals surface area contributed by atoms with Gasteiger partial charge in [0.2, 0.25) is 0 Å². The largest absolute Gasteiger partial charge is 0.229 e. The number of hydrogen-bond acceptors (Lipinski definition) is 2. The van der Waals surface area contributed by atoms with Crippen molar-refractivity contribution in [2.45, 2.75) is 32.0 Å². The third kappa shape index (κ3) is 2.96. The van der Waals surface area contributed by atoms with Crippen molar-refractivity contribution >= 4 is 25.8 Å². The molecule has 0 amide bonds. The molecule has 14 heavy (non-hydrogen) atoms. The molecule has 4 heteroatoms. The average Bonchev–Trinajstić information content (AvgIpc) is 2.43. The van der Waals surface area contributed by atoms with E-state index in [1.807, 2.05) is 0 Å². The Hall–Kier alpha value is 0.430. The molecule has 1 saturated heterocycles. The summed E-state index contributed by atoms with van der Waals surface area (Å²) in [6, 6.07) is 0. The second kappa shape index (κ2) is 4.52. The van der Waals surface area contributed by atoms with Gasteiger partial charge in [-0.3, -0.25) is 0 Å². The maximum atomic E-state index is 11.3. The number of rotatable bonds is 3. The molecule has 0 radical (unpaired) electrons. The predicted octanol–water partition coefficient (Wildman–Crippen LogP) is 2.48. The van der Waals surface area contributed by atoms with E-state index in [-0.39, 0.29) is 0 Å². The van der Waals surface area contributed by atoms with E-state index in [9.17, 15) is 8.42 Å². The van der Waals surface area contributed by atoms with Crippen molar-refractivity contribution in [3.8, 4) is 0 Å². The number of hydrogen-bond donors (Lipinski definition) is 0. The van der Waals surface area contributed by atoms with Crippen LogP contribution in [0.1, 0.15) is 27.2 Å². The summed E-state index contributed by atoms with van der Waals surface area (Å²) >= 11 is 3.66. The quantitative estimate of drug-likeness (QED) is 0.746. The summed E-state index contributed by atoms with van der Waals surface area (Å²) < 4.78 is 22.6. The van der Waals surface area contributed by atoms with Crippen LogP contribution >= 0.6 is 15.9 Å². The Kier molecular flexibility index (Phi) is 4.03. The Bertz CT molecular complexity index is 284. The van der Waals surface area contributed by atoms with E-state index in [4.69, 9.17) is 0 Å². The molecule has 0 aromatic heterocycles. The van der Waals surface area contributed by atoms with Gasteiger partial charge in [0.15, 0.2) is 9.84 Å². The topological polar surface area (TPSA) is 34.1 Å². The fraction of sp³-hybridized carbons (Fsp3) is 1.00. The van der Waals surface area contributed by atoms with E-state index in [1.54, 1.807) is 0 Å². The lowest BCUT2D eigenvalue weighted by molar-refractivity contribution is 0.353. The van der Waals surface area contributed by atoms with Gasteiger partial charge in [-0.1, -0.05) is 36.7 Å². The van der Waals surface area contributed by atoms with Crippen molar-refractivity contribution in [1.82, 2.24) is 0 Å². The van der Waals surface area contributed by atoms with E-state index in [0.717, 1.165) is 6.42 Å². The molecule has 0 N–H and O–H groups in total. The summed E-state index contributed by atoms with van der Waals surface area (Å²) in [5.74, 6) is 2.21. The van der Waals surface area contributed by atoms with Crippen molar-refractivity contribution in [3.05, 3.63) is 0 Å². The molecule has 1 fully saturated rings. The van der Waals surface area contributed by atoms with Gasteiger partial charge in [-0.05, 0) is 24.2 Å². The minimum atomic E-state index is -2.73. The maximum absolute atomic E-state index is 11.3. The summed E-state index contributed by atoms with van der Waals surface area (Å²) in [4.78, 5) is 0.347. The van der Waals surface area contributed by atoms with Crippen LogP contribution in [-0.4, -0.2) is 24.8 Å². The lowest BCUT2D eigenvalue weighted by Crippen LogP contribution is -2.26. The van der Waals surface area contributed by atoms with Gasteiger partial charge in [-0.15, -0.1) is 0 Å². The second-order valence-corrected chi connectivity index (χ2v) is 8.00. The van der Waals surface area contributed by atoms with Crippen LogP contribution in [0.3, 0.4) is 0 Å². The van der Waals surface area contributed by atoms with Gasteiger partial charge in [-0.2, -0.15) is 0 Å². The Morgan fingerprint density at radius 1 is 1.29 bits per heavy atom. The van der Waals surface area contributed by atoms with Crippen molar-refractivity contribution in [2.24, 2.45) is 17.8 Å². The van der Waals surface area contributed by atoms with Gasteiger partial charge < -0.3 is 0 Å². The molecular weight excluding hydrogens is 264 g/mol. The van der Waals surface area contributed by atoms with Crippen LogP contribution in [0.15, 0.2) is 0 Å². The molecule has 2 nitrogen and oxygen atoms in total. The first-order valence-corrected chi connectivity index (χ1v) is 7.91. The summed E-state index contributed by atoms with van der Waals surface area (Å²) in [5.41, 5.74) is 0. The normalized spacial score (nSPS) is 30.5. The summed E-state index contributed by atoms with van der Waals surface area (Å²) in [6.07, 6.45) is 0.829. The number of halogens is 1. The smallest absolute Gasteiger partial charge is 0.150 e. The van der Waals surface area contributed by atoms with E-state index in [1.165, 1.54) is 0 Å². The Labute approximate surface area is 95.5 Å². The monoisotopic (exact) mass is 282 g/mol. The zero-order chi connectivity index (χ0) is 10.9. The molecule has 0 spiro atoms. The predicted molar refractivity (Wildman–Crippen MR) is 63.5 cm³/mol. The van der Waals surface area contributed by atoms with Gasteiger partial charge in [0.05, 0.1) is 11.5 Å². The fourth-order valence-electron chi connectivity index (χ4n) is 1.87. The molecular formula is C10H19BrO2S. The van der Waals surface area contributed by atoms with E-state index >= 15 is 0 Å². The molecule has 3 atom stereocenters. The highest BCUT2D eigenvalue weighted by atomic mass is 79.9. The molecule has 0 saturated carbocycles. The molecule has 0 bridgehead atoms. The van der Waals surface area contributed by atoms with E-state index < -0.39 is 9.84 Å². The lowest BCUT2D eigenvalue weighted by Gasteiger charge is -2.26. The SMILES string of the molecule is CC(C)C(C)C(Br)C1CCS(=O)(=O)C1. The summed E-state index contributed by atoms with van der Waals surface area (Å²) in [5, 5.41) is 0. The minimum Gasteiger partial charge on any atom is -0.229 e. The van der Waals surface area contributed by atoms with Crippen molar-refractivity contribution in [1.29, 1.82) is 0 Å². The standard InChI is InChI=1S/C10H19BrO2S/c1-7(2)8(3)10(11)9-4-5-14(12,13)6-9/h7-10H,4-6H2,1-3H3. The maximum Gasteiger partial charge on any atom is 0.150 e. The molecule has 0 aromatic rings. The molecule has 84 valence electrons. The summed E-state index contributed by atoms with van der Waals surface area (Å²) in [6.45, 7) is 6.56.